The number of thiocarbonyl (C=S) groups is 1. The van der Waals surface area contributed by atoms with Gasteiger partial charge in [0.1, 0.15) is 5.75 Å². The molecule has 0 bridgehead atoms. The van der Waals surface area contributed by atoms with Gasteiger partial charge < -0.3 is 15.4 Å². The molecule has 0 fully saturated rings. The standard InChI is InChI=1S/C22H20N4OS/c1-27-19-10-5-9-18(14-19)23-22(28)24-21-12-13-26(25-21)15-17-8-4-7-16-6-2-3-11-20(16)17/h2-14H,15H2,1H3,(H2,23,24,25,28). The number of rotatable bonds is 5. The van der Waals surface area contributed by atoms with Crippen molar-refractivity contribution in [2.24, 2.45) is 0 Å². The predicted octanol–water partition coefficient (Wildman–Crippen LogP) is 4.90. The van der Waals surface area contributed by atoms with E-state index in [0.717, 1.165) is 11.4 Å². The number of aromatic nitrogens is 2. The average Bonchev–Trinajstić information content (AvgIpc) is 3.15. The monoisotopic (exact) mass is 388 g/mol. The molecule has 140 valence electrons. The second-order valence-corrected chi connectivity index (χ2v) is 6.76. The Kier molecular flexibility index (Phi) is 5.21. The number of methoxy groups -OCH3 is 1. The van der Waals surface area contributed by atoms with Crippen LogP contribution in [0.5, 0.6) is 5.75 Å². The fraction of sp³-hybridized carbons (Fsp3) is 0.0909. The molecule has 0 unspecified atom stereocenters. The first-order chi connectivity index (χ1) is 13.7. The number of fused-ring (bicyclic) bond motifs is 1. The van der Waals surface area contributed by atoms with Crippen LogP contribution < -0.4 is 15.4 Å². The maximum atomic E-state index is 5.39. The average molecular weight is 388 g/mol. The Morgan fingerprint density at radius 1 is 1.00 bits per heavy atom. The lowest BCUT2D eigenvalue weighted by atomic mass is 10.0. The molecule has 28 heavy (non-hydrogen) atoms. The Hall–Kier alpha value is -3.38. The van der Waals surface area contributed by atoms with Crippen LogP contribution in [0.2, 0.25) is 0 Å². The van der Waals surface area contributed by atoms with Crippen LogP contribution in [0.3, 0.4) is 0 Å². The lowest BCUT2D eigenvalue weighted by molar-refractivity contribution is 0.415. The summed E-state index contributed by atoms with van der Waals surface area (Å²) < 4.78 is 7.13. The van der Waals surface area contributed by atoms with E-state index in [-0.39, 0.29) is 0 Å². The molecule has 3 aromatic carbocycles. The van der Waals surface area contributed by atoms with Crippen LogP contribution in [0.25, 0.3) is 10.8 Å². The predicted molar refractivity (Wildman–Crippen MR) is 118 cm³/mol. The first-order valence-corrected chi connectivity index (χ1v) is 9.34. The molecule has 0 saturated heterocycles. The summed E-state index contributed by atoms with van der Waals surface area (Å²) in [5, 5.41) is 13.8. The normalized spacial score (nSPS) is 10.6. The molecule has 1 heterocycles. The van der Waals surface area contributed by atoms with Crippen LogP contribution in [0, 0.1) is 0 Å². The molecule has 4 rings (SSSR count). The largest absolute Gasteiger partial charge is 0.497 e. The quantitative estimate of drug-likeness (QED) is 0.476. The molecule has 2 N–H and O–H groups in total. The Morgan fingerprint density at radius 2 is 1.82 bits per heavy atom. The summed E-state index contributed by atoms with van der Waals surface area (Å²) in [4.78, 5) is 0. The summed E-state index contributed by atoms with van der Waals surface area (Å²) in [6, 6.07) is 24.2. The highest BCUT2D eigenvalue weighted by Gasteiger charge is 2.06. The minimum absolute atomic E-state index is 0.476. The number of hydrogen-bond acceptors (Lipinski definition) is 3. The molecule has 6 heteroatoms. The van der Waals surface area contributed by atoms with Crippen LogP contribution in [-0.2, 0) is 6.54 Å². The highest BCUT2D eigenvalue weighted by molar-refractivity contribution is 7.80. The number of nitrogens with one attached hydrogen (secondary N) is 2. The summed E-state index contributed by atoms with van der Waals surface area (Å²) in [5.41, 5.74) is 2.08. The van der Waals surface area contributed by atoms with E-state index in [0.29, 0.717) is 17.5 Å². The van der Waals surface area contributed by atoms with Gasteiger partial charge in [-0.05, 0) is 40.7 Å². The molecule has 0 aliphatic carbocycles. The zero-order valence-corrected chi connectivity index (χ0v) is 16.2. The lowest BCUT2D eigenvalue weighted by Gasteiger charge is -2.10. The highest BCUT2D eigenvalue weighted by Crippen LogP contribution is 2.20. The van der Waals surface area contributed by atoms with Crippen LogP contribution in [0.15, 0.2) is 79.0 Å². The number of nitrogens with zero attached hydrogens (tertiary/aromatic N) is 2. The van der Waals surface area contributed by atoms with Crippen molar-refractivity contribution in [3.63, 3.8) is 0 Å². The first kappa shape index (κ1) is 18.0. The number of hydrogen-bond donors (Lipinski definition) is 2. The van der Waals surface area contributed by atoms with E-state index in [9.17, 15) is 0 Å². The van der Waals surface area contributed by atoms with Crippen molar-refractivity contribution in [2.75, 3.05) is 17.7 Å². The molecule has 4 aromatic rings. The fourth-order valence-electron chi connectivity index (χ4n) is 3.10. The van der Waals surface area contributed by atoms with Gasteiger partial charge in [-0.1, -0.05) is 48.5 Å². The molecule has 0 atom stereocenters. The molecule has 0 radical (unpaired) electrons. The Morgan fingerprint density at radius 3 is 2.71 bits per heavy atom. The maximum Gasteiger partial charge on any atom is 0.176 e. The van der Waals surface area contributed by atoms with Gasteiger partial charge in [0.25, 0.3) is 0 Å². The summed E-state index contributed by atoms with van der Waals surface area (Å²) in [6.45, 7) is 0.694. The minimum atomic E-state index is 0.476. The SMILES string of the molecule is COc1cccc(NC(=S)Nc2ccn(Cc3cccc4ccccc34)n2)c1. The van der Waals surface area contributed by atoms with Crippen molar-refractivity contribution >= 4 is 39.6 Å². The van der Waals surface area contributed by atoms with E-state index >= 15 is 0 Å². The van der Waals surface area contributed by atoms with Crippen LogP contribution in [0.4, 0.5) is 11.5 Å². The number of anilines is 2. The van der Waals surface area contributed by atoms with E-state index in [1.807, 2.05) is 41.2 Å². The molecule has 0 spiro atoms. The van der Waals surface area contributed by atoms with E-state index in [1.165, 1.54) is 16.3 Å². The van der Waals surface area contributed by atoms with Gasteiger partial charge in [0.2, 0.25) is 0 Å². The minimum Gasteiger partial charge on any atom is -0.497 e. The van der Waals surface area contributed by atoms with Crippen molar-refractivity contribution in [3.8, 4) is 5.75 Å². The van der Waals surface area contributed by atoms with Crippen molar-refractivity contribution in [3.05, 3.63) is 84.6 Å². The molecular weight excluding hydrogens is 368 g/mol. The van der Waals surface area contributed by atoms with Crippen LogP contribution >= 0.6 is 12.2 Å². The smallest absolute Gasteiger partial charge is 0.176 e. The molecule has 0 aliphatic heterocycles. The number of ether oxygens (including phenoxy) is 1. The van der Waals surface area contributed by atoms with Gasteiger partial charge in [-0.15, -0.1) is 0 Å². The van der Waals surface area contributed by atoms with Crippen molar-refractivity contribution < 1.29 is 4.74 Å². The molecule has 0 saturated carbocycles. The van der Waals surface area contributed by atoms with Gasteiger partial charge in [-0.2, -0.15) is 5.10 Å². The molecule has 0 amide bonds. The molecule has 1 aromatic heterocycles. The molecule has 0 aliphatic rings. The first-order valence-electron chi connectivity index (χ1n) is 8.93. The van der Waals surface area contributed by atoms with E-state index in [4.69, 9.17) is 17.0 Å². The van der Waals surface area contributed by atoms with Gasteiger partial charge in [-0.3, -0.25) is 4.68 Å². The van der Waals surface area contributed by atoms with Gasteiger partial charge in [0, 0.05) is 24.0 Å². The third-order valence-electron chi connectivity index (χ3n) is 4.42. The van der Waals surface area contributed by atoms with Crippen molar-refractivity contribution in [1.29, 1.82) is 0 Å². The Bertz CT molecular complexity index is 1120. The van der Waals surface area contributed by atoms with Crippen LogP contribution in [0.1, 0.15) is 5.56 Å². The highest BCUT2D eigenvalue weighted by atomic mass is 32.1. The van der Waals surface area contributed by atoms with E-state index in [2.05, 4.69) is 58.2 Å². The third kappa shape index (κ3) is 4.13. The summed E-state index contributed by atoms with van der Waals surface area (Å²) in [7, 11) is 1.64. The Labute approximate surface area is 169 Å². The fourth-order valence-corrected chi connectivity index (χ4v) is 3.32. The van der Waals surface area contributed by atoms with E-state index < -0.39 is 0 Å². The summed E-state index contributed by atoms with van der Waals surface area (Å²) in [6.07, 6.45) is 1.94. The molecular formula is C22H20N4OS. The zero-order chi connectivity index (χ0) is 19.3. The van der Waals surface area contributed by atoms with E-state index in [1.54, 1.807) is 7.11 Å². The topological polar surface area (TPSA) is 51.1 Å². The van der Waals surface area contributed by atoms with Gasteiger partial charge in [0.05, 0.1) is 13.7 Å². The van der Waals surface area contributed by atoms with Gasteiger partial charge in [0.15, 0.2) is 10.9 Å². The van der Waals surface area contributed by atoms with Crippen molar-refractivity contribution in [2.45, 2.75) is 6.54 Å². The molecule has 5 nitrogen and oxygen atoms in total. The number of benzene rings is 3. The van der Waals surface area contributed by atoms with Crippen LogP contribution in [-0.4, -0.2) is 22.0 Å². The second-order valence-electron chi connectivity index (χ2n) is 6.35. The Balaban J connectivity index is 1.43. The zero-order valence-electron chi connectivity index (χ0n) is 15.4. The van der Waals surface area contributed by atoms with Gasteiger partial charge in [-0.25, -0.2) is 0 Å². The van der Waals surface area contributed by atoms with Gasteiger partial charge >= 0.3 is 0 Å². The lowest BCUT2D eigenvalue weighted by Crippen LogP contribution is -2.19. The van der Waals surface area contributed by atoms with Crippen molar-refractivity contribution in [1.82, 2.24) is 9.78 Å². The maximum absolute atomic E-state index is 5.39. The third-order valence-corrected chi connectivity index (χ3v) is 4.63. The summed E-state index contributed by atoms with van der Waals surface area (Å²) in [5.74, 6) is 1.47. The second kappa shape index (κ2) is 8.10. The summed E-state index contributed by atoms with van der Waals surface area (Å²) >= 11 is 5.39.